The number of amides is 1. The molecule has 4 rings (SSSR count). The Bertz CT molecular complexity index is 1180. The summed E-state index contributed by atoms with van der Waals surface area (Å²) < 4.78 is 17.3. The average molecular weight is 471 g/mol. The van der Waals surface area contributed by atoms with Gasteiger partial charge in [0.2, 0.25) is 0 Å². The zero-order valence-corrected chi connectivity index (χ0v) is 19.7. The number of nitrogens with one attached hydrogen (secondary N) is 1. The number of rotatable bonds is 6. The fourth-order valence-corrected chi connectivity index (χ4v) is 4.58. The number of nitrogens with two attached hydrogens (primary N) is 1. The van der Waals surface area contributed by atoms with Crippen LogP contribution < -0.4 is 11.1 Å². The summed E-state index contributed by atoms with van der Waals surface area (Å²) in [6.45, 7) is 2.82. The SMILES string of the molecule is Cc1cnn(C2CCC(CNc3cc(Cl)c(-c4ccc(N)c(C(=O)N(C)C)c4F)cn3)C2)c1. The Kier molecular flexibility index (Phi) is 6.56. The predicted octanol–water partition coefficient (Wildman–Crippen LogP) is 4.78. The van der Waals surface area contributed by atoms with Crippen molar-refractivity contribution in [1.29, 1.82) is 0 Å². The number of nitrogen functional groups attached to an aromatic ring is 1. The van der Waals surface area contributed by atoms with Crippen LogP contribution in [0, 0.1) is 18.7 Å². The molecule has 7 nitrogen and oxygen atoms in total. The van der Waals surface area contributed by atoms with E-state index in [2.05, 4.69) is 26.3 Å². The van der Waals surface area contributed by atoms with E-state index in [9.17, 15) is 4.79 Å². The summed E-state index contributed by atoms with van der Waals surface area (Å²) in [5.74, 6) is -0.0743. The molecule has 1 amide bonds. The number of hydrogen-bond acceptors (Lipinski definition) is 5. The summed E-state index contributed by atoms with van der Waals surface area (Å²) in [5, 5.41) is 8.14. The molecular formula is C24H28ClFN6O. The molecule has 0 radical (unpaired) electrons. The summed E-state index contributed by atoms with van der Waals surface area (Å²) in [6.07, 6.45) is 8.77. The first-order valence-electron chi connectivity index (χ1n) is 10.9. The van der Waals surface area contributed by atoms with Crippen molar-refractivity contribution in [1.82, 2.24) is 19.7 Å². The first kappa shape index (κ1) is 23.0. The Morgan fingerprint density at radius 1 is 1.30 bits per heavy atom. The highest BCUT2D eigenvalue weighted by Gasteiger charge is 2.26. The molecule has 0 aliphatic heterocycles. The molecule has 1 aliphatic rings. The van der Waals surface area contributed by atoms with Crippen LogP contribution in [0.15, 0.2) is 36.8 Å². The van der Waals surface area contributed by atoms with E-state index >= 15 is 4.39 Å². The molecule has 0 spiro atoms. The monoisotopic (exact) mass is 470 g/mol. The second-order valence-electron chi connectivity index (χ2n) is 8.85. The molecule has 0 saturated heterocycles. The fourth-order valence-electron chi connectivity index (χ4n) is 4.32. The first-order chi connectivity index (χ1) is 15.7. The second kappa shape index (κ2) is 9.39. The van der Waals surface area contributed by atoms with Gasteiger partial charge in [0.1, 0.15) is 11.6 Å². The number of hydrogen-bond donors (Lipinski definition) is 2. The summed E-state index contributed by atoms with van der Waals surface area (Å²) in [4.78, 5) is 18.1. The Balaban J connectivity index is 1.46. The minimum Gasteiger partial charge on any atom is -0.398 e. The Hall–Kier alpha value is -3.13. The highest BCUT2D eigenvalue weighted by molar-refractivity contribution is 6.33. The van der Waals surface area contributed by atoms with Gasteiger partial charge in [0.05, 0.1) is 22.8 Å². The highest BCUT2D eigenvalue weighted by Crippen LogP contribution is 2.36. The minimum atomic E-state index is -0.705. The van der Waals surface area contributed by atoms with Gasteiger partial charge in [-0.1, -0.05) is 11.6 Å². The molecule has 2 atom stereocenters. The van der Waals surface area contributed by atoms with Gasteiger partial charge in [0, 0.05) is 49.8 Å². The van der Waals surface area contributed by atoms with Gasteiger partial charge in [-0.25, -0.2) is 9.37 Å². The van der Waals surface area contributed by atoms with Gasteiger partial charge in [0.25, 0.3) is 5.91 Å². The van der Waals surface area contributed by atoms with Gasteiger partial charge in [-0.15, -0.1) is 0 Å². The van der Waals surface area contributed by atoms with E-state index in [-0.39, 0.29) is 16.8 Å². The van der Waals surface area contributed by atoms with Crippen LogP contribution in [0.1, 0.15) is 41.2 Å². The Morgan fingerprint density at radius 3 is 2.76 bits per heavy atom. The molecule has 0 bridgehead atoms. The normalized spacial score (nSPS) is 17.8. The topological polar surface area (TPSA) is 89.1 Å². The van der Waals surface area contributed by atoms with Crippen molar-refractivity contribution in [3.05, 3.63) is 58.8 Å². The molecule has 1 aliphatic carbocycles. The van der Waals surface area contributed by atoms with Crippen molar-refractivity contribution in [2.45, 2.75) is 32.2 Å². The van der Waals surface area contributed by atoms with Gasteiger partial charge in [0.15, 0.2) is 0 Å². The van der Waals surface area contributed by atoms with Crippen molar-refractivity contribution in [2.24, 2.45) is 5.92 Å². The van der Waals surface area contributed by atoms with Gasteiger partial charge in [-0.2, -0.15) is 5.10 Å². The van der Waals surface area contributed by atoms with Crippen molar-refractivity contribution in [3.63, 3.8) is 0 Å². The van der Waals surface area contributed by atoms with Gasteiger partial charge < -0.3 is 16.0 Å². The van der Waals surface area contributed by atoms with Crippen LogP contribution in [0.25, 0.3) is 11.1 Å². The molecule has 174 valence electrons. The maximum atomic E-state index is 15.2. The van der Waals surface area contributed by atoms with E-state index in [1.54, 1.807) is 20.2 Å². The van der Waals surface area contributed by atoms with Crippen molar-refractivity contribution >= 4 is 29.0 Å². The largest absolute Gasteiger partial charge is 0.398 e. The van der Waals surface area contributed by atoms with Crippen LogP contribution >= 0.6 is 11.6 Å². The lowest BCUT2D eigenvalue weighted by atomic mass is 10.0. The lowest BCUT2D eigenvalue weighted by molar-refractivity contribution is 0.0824. The molecular weight excluding hydrogens is 443 g/mol. The first-order valence-corrected chi connectivity index (χ1v) is 11.3. The van der Waals surface area contributed by atoms with E-state index in [1.165, 1.54) is 28.8 Å². The van der Waals surface area contributed by atoms with Crippen LogP contribution in [0.5, 0.6) is 0 Å². The Labute approximate surface area is 197 Å². The predicted molar refractivity (Wildman–Crippen MR) is 129 cm³/mol. The quantitative estimate of drug-likeness (QED) is 0.506. The second-order valence-corrected chi connectivity index (χ2v) is 9.26. The van der Waals surface area contributed by atoms with Crippen LogP contribution in [-0.4, -0.2) is 46.2 Å². The van der Waals surface area contributed by atoms with E-state index in [0.717, 1.165) is 25.8 Å². The van der Waals surface area contributed by atoms with Crippen LogP contribution in [0.3, 0.4) is 0 Å². The van der Waals surface area contributed by atoms with Gasteiger partial charge in [-0.3, -0.25) is 9.48 Å². The lowest BCUT2D eigenvalue weighted by Crippen LogP contribution is -2.24. The maximum Gasteiger partial charge on any atom is 0.258 e. The molecule has 33 heavy (non-hydrogen) atoms. The minimum absolute atomic E-state index is 0.0810. The number of carbonyl (C=O) groups excluding carboxylic acids is 1. The zero-order valence-electron chi connectivity index (χ0n) is 19.0. The number of aryl methyl sites for hydroxylation is 1. The fraction of sp³-hybridized carbons (Fsp3) is 0.375. The number of pyridine rings is 1. The highest BCUT2D eigenvalue weighted by atomic mass is 35.5. The summed E-state index contributed by atoms with van der Waals surface area (Å²) >= 11 is 6.49. The smallest absolute Gasteiger partial charge is 0.258 e. The molecule has 9 heteroatoms. The maximum absolute atomic E-state index is 15.2. The molecule has 1 fully saturated rings. The van der Waals surface area contributed by atoms with Gasteiger partial charge in [-0.05, 0) is 55.9 Å². The molecule has 2 heterocycles. The number of aromatic nitrogens is 3. The molecule has 2 aromatic heterocycles. The molecule has 3 N–H and O–H groups in total. The molecule has 2 unspecified atom stereocenters. The number of carbonyl (C=O) groups is 1. The van der Waals surface area contributed by atoms with Crippen molar-refractivity contribution in [2.75, 3.05) is 31.7 Å². The standard InChI is InChI=1S/C24H28ClFN6O/c1-14-10-30-32(13-14)16-5-4-15(8-16)11-28-21-9-19(25)18(12-29-21)17-6-7-20(27)22(23(17)26)24(33)31(2)3/h6-7,9-10,12-13,15-16H,4-5,8,11,27H2,1-3H3,(H,28,29). The summed E-state index contributed by atoms with van der Waals surface area (Å²) in [5.41, 5.74) is 7.54. The van der Waals surface area contributed by atoms with Crippen molar-refractivity contribution in [3.8, 4) is 11.1 Å². The van der Waals surface area contributed by atoms with E-state index in [0.29, 0.717) is 28.4 Å². The zero-order chi connectivity index (χ0) is 23.7. The van der Waals surface area contributed by atoms with Crippen LogP contribution in [0.2, 0.25) is 5.02 Å². The van der Waals surface area contributed by atoms with Crippen LogP contribution in [-0.2, 0) is 0 Å². The van der Waals surface area contributed by atoms with Crippen molar-refractivity contribution < 1.29 is 9.18 Å². The number of halogens is 2. The Morgan fingerprint density at radius 2 is 2.09 bits per heavy atom. The average Bonchev–Trinajstić information content (AvgIpc) is 3.42. The summed E-state index contributed by atoms with van der Waals surface area (Å²) in [7, 11) is 3.09. The molecule has 1 aromatic carbocycles. The number of anilines is 2. The van der Waals surface area contributed by atoms with E-state index < -0.39 is 11.7 Å². The molecule has 1 saturated carbocycles. The number of benzene rings is 1. The van der Waals surface area contributed by atoms with Gasteiger partial charge >= 0.3 is 0 Å². The third kappa shape index (κ3) is 4.80. The third-order valence-corrected chi connectivity index (χ3v) is 6.44. The van der Waals surface area contributed by atoms with Crippen LogP contribution in [0.4, 0.5) is 15.9 Å². The number of nitrogens with zero attached hydrogens (tertiary/aromatic N) is 4. The summed E-state index contributed by atoms with van der Waals surface area (Å²) in [6, 6.07) is 5.14. The molecule has 3 aromatic rings. The third-order valence-electron chi connectivity index (χ3n) is 6.13. The lowest BCUT2D eigenvalue weighted by Gasteiger charge is -2.16. The van der Waals surface area contributed by atoms with E-state index in [4.69, 9.17) is 17.3 Å². The van der Waals surface area contributed by atoms with E-state index in [1.807, 2.05) is 13.1 Å².